The number of aliphatic hydroxyl groups excluding tert-OH is 1. The monoisotopic (exact) mass is 227 g/mol. The smallest absolute Gasteiger partial charge is 0.0571 e. The van der Waals surface area contributed by atoms with Crippen LogP contribution < -0.4 is 0 Å². The molecule has 1 heterocycles. The van der Waals surface area contributed by atoms with Crippen molar-refractivity contribution in [1.82, 2.24) is 4.98 Å². The molecule has 3 rings (SSSR count). The van der Waals surface area contributed by atoms with E-state index in [1.807, 2.05) is 18.5 Å². The first-order chi connectivity index (χ1) is 8.27. The molecule has 0 saturated heterocycles. The Kier molecular flexibility index (Phi) is 2.60. The summed E-state index contributed by atoms with van der Waals surface area (Å²) < 4.78 is 0. The third kappa shape index (κ3) is 1.73. The molecule has 1 saturated carbocycles. The Labute approximate surface area is 101 Å². The molecule has 2 aromatic rings. The molecule has 1 N–H and O–H groups in total. The highest BCUT2D eigenvalue weighted by Gasteiger charge is 2.33. The minimum absolute atomic E-state index is 0.154. The van der Waals surface area contributed by atoms with Crippen molar-refractivity contribution < 1.29 is 5.11 Å². The van der Waals surface area contributed by atoms with Gasteiger partial charge >= 0.3 is 0 Å². The number of aromatic nitrogens is 1. The van der Waals surface area contributed by atoms with Gasteiger partial charge in [0.25, 0.3) is 0 Å². The van der Waals surface area contributed by atoms with E-state index < -0.39 is 0 Å². The fourth-order valence-electron chi connectivity index (χ4n) is 3.02. The van der Waals surface area contributed by atoms with Crippen molar-refractivity contribution in [2.45, 2.75) is 31.8 Å². The van der Waals surface area contributed by atoms with E-state index in [0.717, 1.165) is 12.8 Å². The van der Waals surface area contributed by atoms with Crippen molar-refractivity contribution in [1.29, 1.82) is 0 Å². The third-order valence-corrected chi connectivity index (χ3v) is 4.11. The molecule has 88 valence electrons. The highest BCUT2D eigenvalue weighted by molar-refractivity contribution is 5.85. The van der Waals surface area contributed by atoms with Gasteiger partial charge in [-0.1, -0.05) is 31.2 Å². The number of pyridine rings is 1. The van der Waals surface area contributed by atoms with E-state index >= 15 is 0 Å². The van der Waals surface area contributed by atoms with Gasteiger partial charge in [-0.2, -0.15) is 0 Å². The average Bonchev–Trinajstić information content (AvgIpc) is 2.69. The van der Waals surface area contributed by atoms with Crippen LogP contribution in [0, 0.1) is 5.92 Å². The second kappa shape index (κ2) is 4.11. The molecule has 17 heavy (non-hydrogen) atoms. The number of rotatable bonds is 1. The molecule has 1 aliphatic carbocycles. The Morgan fingerprint density at radius 2 is 2.00 bits per heavy atom. The molecule has 1 aromatic heterocycles. The van der Waals surface area contributed by atoms with Crippen LogP contribution >= 0.6 is 0 Å². The lowest BCUT2D eigenvalue weighted by molar-refractivity contribution is 0.137. The van der Waals surface area contributed by atoms with Gasteiger partial charge in [-0.05, 0) is 35.6 Å². The maximum atomic E-state index is 9.88. The van der Waals surface area contributed by atoms with Gasteiger partial charge in [-0.25, -0.2) is 0 Å². The Hall–Kier alpha value is -1.41. The zero-order valence-corrected chi connectivity index (χ0v) is 10.0. The fraction of sp³-hybridized carbons (Fsp3) is 0.400. The van der Waals surface area contributed by atoms with Gasteiger partial charge < -0.3 is 5.11 Å². The summed E-state index contributed by atoms with van der Waals surface area (Å²) in [5.74, 6) is 0.784. The molecule has 0 amide bonds. The van der Waals surface area contributed by atoms with Gasteiger partial charge in [0.05, 0.1) is 6.10 Å². The number of hydrogen-bond acceptors (Lipinski definition) is 2. The quantitative estimate of drug-likeness (QED) is 0.812. The Morgan fingerprint density at radius 1 is 1.18 bits per heavy atom. The Bertz CT molecular complexity index is 532. The van der Waals surface area contributed by atoms with Crippen LogP contribution in [0.25, 0.3) is 10.8 Å². The van der Waals surface area contributed by atoms with Crippen LogP contribution in [0.15, 0.2) is 36.7 Å². The standard InChI is InChI=1S/C15H17NO/c1-10-12(6-7-15(10)17)14-9-16-8-11-4-2-3-5-13(11)14/h2-5,8-10,12,15,17H,6-7H2,1H3. The lowest BCUT2D eigenvalue weighted by Crippen LogP contribution is -2.14. The van der Waals surface area contributed by atoms with Crippen LogP contribution in [0.1, 0.15) is 31.2 Å². The van der Waals surface area contributed by atoms with Gasteiger partial charge in [0.1, 0.15) is 0 Å². The highest BCUT2D eigenvalue weighted by Crippen LogP contribution is 2.41. The van der Waals surface area contributed by atoms with E-state index in [1.54, 1.807) is 0 Å². The summed E-state index contributed by atoms with van der Waals surface area (Å²) in [4.78, 5) is 4.34. The van der Waals surface area contributed by atoms with E-state index in [4.69, 9.17) is 0 Å². The molecule has 3 unspecified atom stereocenters. The summed E-state index contributed by atoms with van der Waals surface area (Å²) in [6.07, 6.45) is 5.71. The third-order valence-electron chi connectivity index (χ3n) is 4.11. The number of fused-ring (bicyclic) bond motifs is 1. The molecular weight excluding hydrogens is 210 g/mol. The van der Waals surface area contributed by atoms with Gasteiger partial charge in [0, 0.05) is 17.8 Å². The van der Waals surface area contributed by atoms with Crippen molar-refractivity contribution in [3.63, 3.8) is 0 Å². The number of aliphatic hydroxyl groups is 1. The van der Waals surface area contributed by atoms with Gasteiger partial charge in [-0.15, -0.1) is 0 Å². The first kappa shape index (κ1) is 10.7. The molecule has 0 spiro atoms. The first-order valence-electron chi connectivity index (χ1n) is 6.28. The molecule has 0 bridgehead atoms. The van der Waals surface area contributed by atoms with Crippen LogP contribution in [0.5, 0.6) is 0 Å². The zero-order valence-electron chi connectivity index (χ0n) is 10.0. The zero-order chi connectivity index (χ0) is 11.8. The lowest BCUT2D eigenvalue weighted by Gasteiger charge is -2.19. The molecule has 0 radical (unpaired) electrons. The first-order valence-corrected chi connectivity index (χ1v) is 6.28. The molecule has 3 atom stereocenters. The maximum Gasteiger partial charge on any atom is 0.0571 e. The predicted octanol–water partition coefficient (Wildman–Crippen LogP) is 3.11. The molecule has 1 aliphatic rings. The number of hydrogen-bond donors (Lipinski definition) is 1. The van der Waals surface area contributed by atoms with Gasteiger partial charge in [0.2, 0.25) is 0 Å². The average molecular weight is 227 g/mol. The second-order valence-electron chi connectivity index (χ2n) is 5.06. The maximum absolute atomic E-state index is 9.88. The Balaban J connectivity index is 2.11. The minimum atomic E-state index is -0.154. The van der Waals surface area contributed by atoms with Crippen LogP contribution in [-0.2, 0) is 0 Å². The van der Waals surface area contributed by atoms with Crippen molar-refractivity contribution in [2.75, 3.05) is 0 Å². The molecule has 2 heteroatoms. The molecular formula is C15H17NO. The van der Waals surface area contributed by atoms with E-state index in [9.17, 15) is 5.11 Å². The topological polar surface area (TPSA) is 33.1 Å². The summed E-state index contributed by atoms with van der Waals surface area (Å²) in [5.41, 5.74) is 1.30. The summed E-state index contributed by atoms with van der Waals surface area (Å²) in [6.45, 7) is 2.14. The largest absolute Gasteiger partial charge is 0.393 e. The van der Waals surface area contributed by atoms with Crippen LogP contribution in [0.2, 0.25) is 0 Å². The van der Waals surface area contributed by atoms with Crippen LogP contribution in [-0.4, -0.2) is 16.2 Å². The SMILES string of the molecule is CC1C(O)CCC1c1cncc2ccccc12. The van der Waals surface area contributed by atoms with Gasteiger partial charge in [-0.3, -0.25) is 4.98 Å². The normalized spacial score (nSPS) is 28.7. The molecule has 1 fully saturated rings. The van der Waals surface area contributed by atoms with Crippen LogP contribution in [0.3, 0.4) is 0 Å². The summed E-state index contributed by atoms with van der Waals surface area (Å²) in [7, 11) is 0. The molecule has 0 aliphatic heterocycles. The summed E-state index contributed by atoms with van der Waals surface area (Å²) >= 11 is 0. The van der Waals surface area contributed by atoms with Crippen LogP contribution in [0.4, 0.5) is 0 Å². The second-order valence-corrected chi connectivity index (χ2v) is 5.06. The van der Waals surface area contributed by atoms with E-state index in [-0.39, 0.29) is 6.10 Å². The Morgan fingerprint density at radius 3 is 2.76 bits per heavy atom. The molecule has 1 aromatic carbocycles. The summed E-state index contributed by atoms with van der Waals surface area (Å²) in [5, 5.41) is 12.4. The summed E-state index contributed by atoms with van der Waals surface area (Å²) in [6, 6.07) is 8.37. The van der Waals surface area contributed by atoms with E-state index in [1.165, 1.54) is 16.3 Å². The van der Waals surface area contributed by atoms with E-state index in [0.29, 0.717) is 11.8 Å². The number of benzene rings is 1. The minimum Gasteiger partial charge on any atom is -0.393 e. The van der Waals surface area contributed by atoms with Crippen molar-refractivity contribution in [2.24, 2.45) is 5.92 Å². The fourth-order valence-corrected chi connectivity index (χ4v) is 3.02. The highest BCUT2D eigenvalue weighted by atomic mass is 16.3. The lowest BCUT2D eigenvalue weighted by atomic mass is 9.88. The molecule has 2 nitrogen and oxygen atoms in total. The van der Waals surface area contributed by atoms with Crippen molar-refractivity contribution in [3.8, 4) is 0 Å². The predicted molar refractivity (Wildman–Crippen MR) is 68.9 cm³/mol. The number of nitrogens with zero attached hydrogens (tertiary/aromatic N) is 1. The van der Waals surface area contributed by atoms with Crippen molar-refractivity contribution >= 4 is 10.8 Å². The van der Waals surface area contributed by atoms with Crippen molar-refractivity contribution in [3.05, 3.63) is 42.2 Å². The van der Waals surface area contributed by atoms with E-state index in [2.05, 4.69) is 30.1 Å². The van der Waals surface area contributed by atoms with Gasteiger partial charge in [0.15, 0.2) is 0 Å².